The fourth-order valence-corrected chi connectivity index (χ4v) is 10.8. The molecule has 0 bridgehead atoms. The molecule has 0 fully saturated rings. The topological polar surface area (TPSA) is 66.4 Å². The van der Waals surface area contributed by atoms with E-state index in [-0.39, 0.29) is 6.61 Å². The van der Waals surface area contributed by atoms with E-state index < -0.39 is 10.4 Å². The Morgan fingerprint density at radius 2 is 0.412 bits per heavy atom. The van der Waals surface area contributed by atoms with Crippen LogP contribution in [0.4, 0.5) is 0 Å². The highest BCUT2D eigenvalue weighted by molar-refractivity contribution is 7.80. The van der Waals surface area contributed by atoms with Gasteiger partial charge in [-0.05, 0) is 44.9 Å². The lowest BCUT2D eigenvalue weighted by atomic mass is 10.0. The predicted molar refractivity (Wildman–Crippen MR) is 304 cm³/mol. The maximum atomic E-state index is 10.2. The minimum Gasteiger partial charge on any atom is -0.726 e. The highest BCUT2D eigenvalue weighted by atomic mass is 32.3. The van der Waals surface area contributed by atoms with Crippen LogP contribution in [-0.4, -0.2) is 50.2 Å². The second kappa shape index (κ2) is 59.4. The van der Waals surface area contributed by atoms with Gasteiger partial charge in [-0.3, -0.25) is 4.18 Å². The molecular weight excluding hydrogens is 855 g/mol. The van der Waals surface area contributed by atoms with Crippen LogP contribution >= 0.6 is 0 Å². The van der Waals surface area contributed by atoms with Gasteiger partial charge < -0.3 is 9.04 Å². The van der Waals surface area contributed by atoms with Gasteiger partial charge in [0.15, 0.2) is 0 Å². The molecule has 0 saturated heterocycles. The lowest BCUT2D eigenvalue weighted by Gasteiger charge is -2.39. The Balaban J connectivity index is 0. The molecule has 6 heteroatoms. The molecule has 0 spiro atoms. The number of unbranched alkanes of at least 4 members (excludes halogenated alkanes) is 47. The lowest BCUT2D eigenvalue weighted by Crippen LogP contribution is -2.50. The molecule has 0 saturated carbocycles. The van der Waals surface area contributed by atoms with Crippen molar-refractivity contribution in [1.29, 1.82) is 0 Å². The van der Waals surface area contributed by atoms with Crippen LogP contribution in [0.25, 0.3) is 0 Å². The third kappa shape index (κ3) is 60.1. The Kier molecular flexibility index (Phi) is 61.1. The average molecular weight is 985 g/mol. The van der Waals surface area contributed by atoms with Gasteiger partial charge in [-0.25, -0.2) is 8.42 Å². The molecular formula is C62H129NO4S. The summed E-state index contributed by atoms with van der Waals surface area (Å²) in [6, 6.07) is 0. The van der Waals surface area contributed by atoms with E-state index in [1.54, 1.807) is 0 Å². The van der Waals surface area contributed by atoms with Crippen LogP contribution in [-0.2, 0) is 14.6 Å². The molecule has 0 heterocycles. The van der Waals surface area contributed by atoms with Gasteiger partial charge in [0, 0.05) is 0 Å². The summed E-state index contributed by atoms with van der Waals surface area (Å²) in [5.74, 6) is 0. The minimum atomic E-state index is -4.49. The molecule has 0 aromatic rings. The highest BCUT2D eigenvalue weighted by Gasteiger charge is 2.25. The molecule has 0 unspecified atom stereocenters. The van der Waals surface area contributed by atoms with Crippen LogP contribution in [0.15, 0.2) is 0 Å². The van der Waals surface area contributed by atoms with Gasteiger partial charge in [0.25, 0.3) is 0 Å². The van der Waals surface area contributed by atoms with E-state index >= 15 is 0 Å². The highest BCUT2D eigenvalue weighted by Crippen LogP contribution is 2.21. The Morgan fingerprint density at radius 1 is 0.250 bits per heavy atom. The fourth-order valence-electron chi connectivity index (χ4n) is 10.5. The number of quaternary nitrogens is 1. The molecule has 0 aromatic carbocycles. The molecule has 0 N–H and O–H groups in total. The first kappa shape index (κ1) is 69.9. The lowest BCUT2D eigenvalue weighted by molar-refractivity contribution is -0.929. The van der Waals surface area contributed by atoms with Crippen LogP contribution in [0.2, 0.25) is 0 Å². The SMILES string of the molecule is CCCCCCCCCCCCCCCCCCOS(=O)(=O)[O-].CCCCCCCCCCCCCCCCCC[N+](CCCC)(CCCC)CCCCCCCCCCCCCCCCCC. The zero-order valence-corrected chi connectivity index (χ0v) is 48.6. The van der Waals surface area contributed by atoms with Crippen molar-refractivity contribution in [3.05, 3.63) is 0 Å². The first-order valence-electron chi connectivity index (χ1n) is 31.8. The van der Waals surface area contributed by atoms with E-state index in [1.807, 2.05) is 0 Å². The quantitative estimate of drug-likeness (QED) is 0.0264. The van der Waals surface area contributed by atoms with Crippen LogP contribution in [0.5, 0.6) is 0 Å². The fraction of sp³-hybridized carbons (Fsp3) is 1.00. The predicted octanol–water partition coefficient (Wildman–Crippen LogP) is 21.7. The van der Waals surface area contributed by atoms with Crippen molar-refractivity contribution < 1.29 is 21.6 Å². The summed E-state index contributed by atoms with van der Waals surface area (Å²) >= 11 is 0. The van der Waals surface area contributed by atoms with Crippen molar-refractivity contribution in [2.45, 2.75) is 369 Å². The summed E-state index contributed by atoms with van der Waals surface area (Å²) < 4.78 is 36.3. The van der Waals surface area contributed by atoms with E-state index in [4.69, 9.17) is 0 Å². The normalized spacial score (nSPS) is 12.0. The first-order chi connectivity index (χ1) is 33.3. The summed E-state index contributed by atoms with van der Waals surface area (Å²) in [7, 11) is -4.49. The van der Waals surface area contributed by atoms with Crippen LogP contribution in [0.1, 0.15) is 369 Å². The van der Waals surface area contributed by atoms with Crippen molar-refractivity contribution in [3.8, 4) is 0 Å². The van der Waals surface area contributed by atoms with E-state index in [2.05, 4.69) is 38.8 Å². The second-order valence-electron chi connectivity index (χ2n) is 22.1. The molecule has 0 aliphatic rings. The average Bonchev–Trinajstić information content (AvgIpc) is 3.33. The molecule has 68 heavy (non-hydrogen) atoms. The van der Waals surface area contributed by atoms with Crippen molar-refractivity contribution in [2.75, 3.05) is 32.8 Å². The zero-order valence-electron chi connectivity index (χ0n) is 47.8. The molecule has 0 atom stereocenters. The summed E-state index contributed by atoms with van der Waals surface area (Å²) in [5, 5.41) is 0. The molecule has 0 aromatic heterocycles. The van der Waals surface area contributed by atoms with Gasteiger partial charge in [0.2, 0.25) is 10.4 Å². The van der Waals surface area contributed by atoms with Crippen LogP contribution < -0.4 is 0 Å². The van der Waals surface area contributed by atoms with Crippen molar-refractivity contribution in [1.82, 2.24) is 0 Å². The number of nitrogens with zero attached hydrogens (tertiary/aromatic N) is 1. The molecule has 0 amide bonds. The second-order valence-corrected chi connectivity index (χ2v) is 23.1. The Hall–Kier alpha value is -0.170. The van der Waals surface area contributed by atoms with Gasteiger partial charge in [0.1, 0.15) is 0 Å². The number of hydrogen-bond donors (Lipinski definition) is 0. The van der Waals surface area contributed by atoms with Crippen molar-refractivity contribution in [3.63, 3.8) is 0 Å². The van der Waals surface area contributed by atoms with Gasteiger partial charge in [0.05, 0.1) is 32.8 Å². The molecule has 0 rings (SSSR count). The summed E-state index contributed by atoms with van der Waals surface area (Å²) in [5.41, 5.74) is 0. The molecule has 412 valence electrons. The van der Waals surface area contributed by atoms with E-state index in [0.29, 0.717) is 6.42 Å². The maximum Gasteiger partial charge on any atom is 0.217 e. The Bertz CT molecular complexity index is 959. The molecule has 0 aliphatic heterocycles. The maximum absolute atomic E-state index is 10.2. The number of hydrogen-bond acceptors (Lipinski definition) is 4. The van der Waals surface area contributed by atoms with E-state index in [1.165, 1.54) is 345 Å². The minimum absolute atomic E-state index is 0.0320. The Labute approximate surface area is 431 Å². The van der Waals surface area contributed by atoms with Crippen molar-refractivity contribution in [2.24, 2.45) is 0 Å². The van der Waals surface area contributed by atoms with E-state index in [0.717, 1.165) is 12.8 Å². The van der Waals surface area contributed by atoms with Gasteiger partial charge in [-0.1, -0.05) is 324 Å². The number of rotatable bonds is 58. The molecule has 0 aliphatic carbocycles. The van der Waals surface area contributed by atoms with Gasteiger partial charge >= 0.3 is 0 Å². The van der Waals surface area contributed by atoms with Crippen molar-refractivity contribution >= 4 is 10.4 Å². The van der Waals surface area contributed by atoms with Gasteiger partial charge in [-0.15, -0.1) is 0 Å². The summed E-state index contributed by atoms with van der Waals surface area (Å²) in [6.45, 7) is 17.6. The summed E-state index contributed by atoms with van der Waals surface area (Å²) in [6.07, 6.45) is 73.1. The Morgan fingerprint density at radius 3 is 0.603 bits per heavy atom. The van der Waals surface area contributed by atoms with E-state index in [9.17, 15) is 13.0 Å². The smallest absolute Gasteiger partial charge is 0.217 e. The first-order valence-corrected chi connectivity index (χ1v) is 33.1. The monoisotopic (exact) mass is 984 g/mol. The standard InChI is InChI=1S/C44H92N.C18H38O4S/c1-5-9-13-15-17-19-21-23-25-27-29-31-33-35-37-39-43-45(41-11-7-3,42-12-8-4)44-40-38-36-34-32-30-28-26-24-22-20-18-16-14-10-6-2;1-2-3-4-5-6-7-8-9-10-11-12-13-14-15-16-17-18-22-23(19,20)21/h5-44H2,1-4H3;2-18H2,1H3,(H,19,20,21)/q+1;/p-1. The largest absolute Gasteiger partial charge is 0.726 e. The van der Waals surface area contributed by atoms with Crippen LogP contribution in [0, 0.1) is 0 Å². The third-order valence-corrected chi connectivity index (χ3v) is 15.6. The summed E-state index contributed by atoms with van der Waals surface area (Å²) in [4.78, 5) is 0. The van der Waals surface area contributed by atoms with Gasteiger partial charge in [-0.2, -0.15) is 0 Å². The molecule has 0 radical (unpaired) electrons. The molecule has 5 nitrogen and oxygen atoms in total. The third-order valence-electron chi connectivity index (χ3n) is 15.2. The zero-order chi connectivity index (χ0) is 50.0. The van der Waals surface area contributed by atoms with Crippen LogP contribution in [0.3, 0.4) is 0 Å².